The van der Waals surface area contributed by atoms with Crippen LogP contribution in [0.5, 0.6) is 5.75 Å². The molecule has 2 aromatic carbocycles. The van der Waals surface area contributed by atoms with Gasteiger partial charge in [0, 0.05) is 68.6 Å². The van der Waals surface area contributed by atoms with E-state index in [-0.39, 0.29) is 34.6 Å². The Bertz CT molecular complexity index is 2610. The van der Waals surface area contributed by atoms with Gasteiger partial charge >= 0.3 is 5.92 Å². The molecule has 59 heavy (non-hydrogen) atoms. The van der Waals surface area contributed by atoms with Crippen molar-refractivity contribution in [2.24, 2.45) is 25.4 Å². The van der Waals surface area contributed by atoms with E-state index < -0.39 is 30.0 Å². The highest BCUT2D eigenvalue weighted by Gasteiger charge is 2.51. The van der Waals surface area contributed by atoms with Gasteiger partial charge in [-0.15, -0.1) is 0 Å². The molecule has 3 aliphatic heterocycles. The highest BCUT2D eigenvalue weighted by atomic mass is 35.5. The second-order valence-electron chi connectivity index (χ2n) is 17.2. The molecule has 14 nitrogen and oxygen atoms in total. The molecule has 0 bridgehead atoms. The average molecular weight is 827 g/mol. The number of pyridine rings is 1. The van der Waals surface area contributed by atoms with Crippen LogP contribution in [0.2, 0.25) is 5.02 Å². The number of amides is 2. The summed E-state index contributed by atoms with van der Waals surface area (Å²) < 4.78 is 39.1. The first-order valence-corrected chi connectivity index (χ1v) is 20.7. The van der Waals surface area contributed by atoms with E-state index in [1.165, 1.54) is 4.57 Å². The molecule has 2 saturated heterocycles. The van der Waals surface area contributed by atoms with Crippen LogP contribution in [0.4, 0.5) is 37.6 Å². The highest BCUT2D eigenvalue weighted by molar-refractivity contribution is 6.33. The van der Waals surface area contributed by atoms with Crippen LogP contribution in [0.15, 0.2) is 47.4 Å². The number of halogens is 3. The lowest BCUT2D eigenvalue weighted by atomic mass is 9.67. The zero-order valence-corrected chi connectivity index (χ0v) is 33.8. The Morgan fingerprint density at radius 2 is 1.80 bits per heavy atom. The van der Waals surface area contributed by atoms with Gasteiger partial charge in [-0.05, 0) is 75.1 Å². The highest BCUT2D eigenvalue weighted by Crippen LogP contribution is 2.48. The Morgan fingerprint density at radius 3 is 2.54 bits per heavy atom. The van der Waals surface area contributed by atoms with E-state index in [0.717, 1.165) is 55.4 Å². The number of piperidine rings is 1. The van der Waals surface area contributed by atoms with Crippen molar-refractivity contribution >= 4 is 74.0 Å². The number of carbonyl (C=O) groups is 2. The van der Waals surface area contributed by atoms with Gasteiger partial charge in [0.1, 0.15) is 5.02 Å². The third-order valence-corrected chi connectivity index (χ3v) is 13.6. The standard InChI is InChI=1S/C42H45ClF2N10O4/c1-52(30-6-4-5-25-32(51-54(3)34(25)30)26-10-12-31(56)48-38(26)57)24-13-15-41(16-14-24)19-55(20-41)40-46-18-28(43)37(50-40)47-23-9-11-29-27(17-23)33-35(39(58)53(29)2)59-21-42(44,45)36(49-33)22-7-8-22/h4-6,9,11,17-18,22,24,26,36,49H,7-8,10,12-16,19-21H2,1-3H3,(H,46,47,50)(H,48,56,57)/t26?,36-/m0/s1. The topological polar surface area (TPSA) is 152 Å². The number of benzene rings is 2. The summed E-state index contributed by atoms with van der Waals surface area (Å²) in [5.41, 5.74) is 3.90. The summed E-state index contributed by atoms with van der Waals surface area (Å²) in [6.45, 7) is 0.790. The number of hydrogen-bond acceptors (Lipinski definition) is 11. The first-order chi connectivity index (χ1) is 28.3. The predicted molar refractivity (Wildman–Crippen MR) is 221 cm³/mol. The molecule has 2 saturated carbocycles. The molecule has 3 N–H and O–H groups in total. The quantitative estimate of drug-likeness (QED) is 0.160. The SMILES string of the molecule is CN(c1cccc2c(C3CCC(=O)NC3=O)nn(C)c12)C1CCC2(CC1)CN(c1ncc(Cl)c(Nc3ccc4c(c3)c3c(c(=O)n4C)OCC(F)(F)[C@H](C4CC4)N3)n1)C2. The molecule has 5 aliphatic rings. The summed E-state index contributed by atoms with van der Waals surface area (Å²) >= 11 is 6.64. The van der Waals surface area contributed by atoms with Gasteiger partial charge in [0.15, 0.2) is 12.4 Å². The fourth-order valence-corrected chi connectivity index (χ4v) is 10.0. The summed E-state index contributed by atoms with van der Waals surface area (Å²) in [6.07, 6.45) is 7.88. The van der Waals surface area contributed by atoms with Gasteiger partial charge in [-0.2, -0.15) is 10.1 Å². The maximum atomic E-state index is 15.2. The third kappa shape index (κ3) is 6.41. The summed E-state index contributed by atoms with van der Waals surface area (Å²) in [5.74, 6) is -3.43. The smallest absolute Gasteiger partial charge is 0.301 e. The minimum absolute atomic E-state index is 0.110. The van der Waals surface area contributed by atoms with Crippen molar-refractivity contribution in [2.75, 3.05) is 47.2 Å². The molecule has 2 amide bonds. The molecule has 1 spiro atoms. The molecule has 0 radical (unpaired) electrons. The van der Waals surface area contributed by atoms with Crippen LogP contribution in [0.25, 0.3) is 21.8 Å². The first kappa shape index (κ1) is 37.7. The zero-order valence-electron chi connectivity index (χ0n) is 33.0. The zero-order chi connectivity index (χ0) is 41.0. The predicted octanol–water partition coefficient (Wildman–Crippen LogP) is 6.24. The summed E-state index contributed by atoms with van der Waals surface area (Å²) in [5, 5.41) is 15.4. The number of nitrogens with one attached hydrogen (secondary N) is 3. The number of carbonyl (C=O) groups excluding carboxylic acids is 2. The number of aromatic nitrogens is 5. The van der Waals surface area contributed by atoms with Crippen molar-refractivity contribution in [1.29, 1.82) is 0 Å². The largest absolute Gasteiger partial charge is 0.480 e. The first-order valence-electron chi connectivity index (χ1n) is 20.3. The number of hydrogen-bond donors (Lipinski definition) is 3. The Balaban J connectivity index is 0.828. The Labute approximate surface area is 343 Å². The van der Waals surface area contributed by atoms with Crippen LogP contribution in [-0.4, -0.2) is 80.9 Å². The van der Waals surface area contributed by atoms with E-state index in [1.54, 1.807) is 31.4 Å². The second-order valence-corrected chi connectivity index (χ2v) is 17.6. The maximum absolute atomic E-state index is 15.2. The molecule has 2 atom stereocenters. The number of anilines is 5. The van der Waals surface area contributed by atoms with Crippen molar-refractivity contribution in [3.63, 3.8) is 0 Å². The van der Waals surface area contributed by atoms with Gasteiger partial charge in [0.2, 0.25) is 23.5 Å². The fraction of sp³-hybridized carbons (Fsp3) is 0.476. The third-order valence-electron chi connectivity index (χ3n) is 13.3. The Hall–Kier alpha value is -5.51. The van der Waals surface area contributed by atoms with Crippen molar-refractivity contribution in [3.8, 4) is 5.75 Å². The van der Waals surface area contributed by atoms with E-state index in [1.807, 2.05) is 23.9 Å². The molecule has 6 heterocycles. The number of para-hydroxylation sites is 1. The lowest BCUT2D eigenvalue weighted by molar-refractivity contribution is -0.134. The summed E-state index contributed by atoms with van der Waals surface area (Å²) in [4.78, 5) is 51.7. The minimum atomic E-state index is -3.13. The second kappa shape index (κ2) is 13.8. The maximum Gasteiger partial charge on any atom is 0.301 e. The van der Waals surface area contributed by atoms with E-state index in [2.05, 4.69) is 43.8 Å². The lowest BCUT2D eigenvalue weighted by Crippen LogP contribution is -2.59. The molecule has 308 valence electrons. The van der Waals surface area contributed by atoms with Crippen LogP contribution >= 0.6 is 11.6 Å². The van der Waals surface area contributed by atoms with Crippen LogP contribution in [0.3, 0.4) is 0 Å². The van der Waals surface area contributed by atoms with Crippen molar-refractivity contribution in [3.05, 3.63) is 63.7 Å². The molecular formula is C42H45ClF2N10O4. The number of fused-ring (bicyclic) bond motifs is 4. The van der Waals surface area contributed by atoms with Crippen LogP contribution in [-0.2, 0) is 23.7 Å². The molecule has 1 unspecified atom stereocenters. The molecule has 4 fully saturated rings. The Morgan fingerprint density at radius 1 is 1.02 bits per heavy atom. The van der Waals surface area contributed by atoms with Gasteiger partial charge < -0.3 is 29.7 Å². The van der Waals surface area contributed by atoms with E-state index in [4.69, 9.17) is 26.4 Å². The molecule has 17 heteroatoms. The summed E-state index contributed by atoms with van der Waals surface area (Å²) in [6, 6.07) is 10.7. The Kier molecular flexibility index (Phi) is 8.82. The van der Waals surface area contributed by atoms with Gasteiger partial charge in [0.05, 0.1) is 46.3 Å². The summed E-state index contributed by atoms with van der Waals surface area (Å²) in [7, 11) is 5.65. The number of imide groups is 1. The van der Waals surface area contributed by atoms with Gasteiger partial charge in [-0.25, -0.2) is 13.8 Å². The normalized spacial score (nSPS) is 22.6. The number of alkyl halides is 2. The molecular weight excluding hydrogens is 782 g/mol. The molecule has 10 rings (SSSR count). The van der Waals surface area contributed by atoms with Crippen LogP contribution in [0, 0.1) is 11.3 Å². The monoisotopic (exact) mass is 826 g/mol. The number of rotatable bonds is 7. The minimum Gasteiger partial charge on any atom is -0.480 e. The number of aryl methyl sites for hydroxylation is 2. The van der Waals surface area contributed by atoms with Gasteiger partial charge in [-0.3, -0.25) is 24.4 Å². The van der Waals surface area contributed by atoms with E-state index in [9.17, 15) is 14.4 Å². The van der Waals surface area contributed by atoms with E-state index >= 15 is 8.78 Å². The van der Waals surface area contributed by atoms with Crippen molar-refractivity contribution in [1.82, 2.24) is 29.6 Å². The fourth-order valence-electron chi connectivity index (χ4n) is 9.88. The van der Waals surface area contributed by atoms with Crippen molar-refractivity contribution < 1.29 is 23.1 Å². The van der Waals surface area contributed by atoms with Crippen LogP contribution < -0.4 is 36.0 Å². The van der Waals surface area contributed by atoms with Gasteiger partial charge in [-0.1, -0.05) is 23.7 Å². The van der Waals surface area contributed by atoms with Crippen molar-refractivity contribution in [2.45, 2.75) is 75.3 Å². The lowest BCUT2D eigenvalue weighted by Gasteiger charge is -2.54. The average Bonchev–Trinajstić information content (AvgIpc) is 4.01. The van der Waals surface area contributed by atoms with E-state index in [0.29, 0.717) is 70.8 Å². The molecule has 3 aromatic heterocycles. The van der Waals surface area contributed by atoms with Crippen LogP contribution in [0.1, 0.15) is 63.0 Å². The molecule has 5 aromatic rings. The number of ether oxygens (including phenoxy) is 1. The number of nitrogens with zero attached hydrogens (tertiary/aromatic N) is 7. The van der Waals surface area contributed by atoms with Gasteiger partial charge in [0.25, 0.3) is 5.56 Å². The molecule has 2 aliphatic carbocycles.